The monoisotopic (exact) mass is 322 g/mol. The average molecular weight is 322 g/mol. The van der Waals surface area contributed by atoms with Gasteiger partial charge < -0.3 is 15.4 Å². The van der Waals surface area contributed by atoms with Gasteiger partial charge in [-0.2, -0.15) is 11.8 Å². The third-order valence-electron chi connectivity index (χ3n) is 4.15. The smallest absolute Gasteiger partial charge is 0.252 e. The van der Waals surface area contributed by atoms with Gasteiger partial charge in [0, 0.05) is 23.6 Å². The topological polar surface area (TPSA) is 65.1 Å². The fourth-order valence-electron chi connectivity index (χ4n) is 2.77. The standard InChI is InChI=1S/C16H19FN2O2S/c17-12-1-2-14-13(9-12)11(10-19-14)3-6-18-15(20)16(21)4-7-22-8-5-16/h1-2,9-10,19,21H,3-8H2,(H,18,20). The van der Waals surface area contributed by atoms with E-state index in [9.17, 15) is 14.3 Å². The summed E-state index contributed by atoms with van der Waals surface area (Å²) in [6.45, 7) is 0.428. The van der Waals surface area contributed by atoms with Crippen molar-refractivity contribution >= 4 is 28.6 Å². The fraction of sp³-hybridized carbons (Fsp3) is 0.438. The summed E-state index contributed by atoms with van der Waals surface area (Å²) in [6, 6.07) is 4.62. The number of carbonyl (C=O) groups is 1. The number of carbonyl (C=O) groups excluding carboxylic acids is 1. The quantitative estimate of drug-likeness (QED) is 0.809. The molecule has 3 N–H and O–H groups in total. The zero-order chi connectivity index (χ0) is 15.6. The molecule has 1 fully saturated rings. The molecule has 1 amide bonds. The van der Waals surface area contributed by atoms with Gasteiger partial charge in [0.25, 0.3) is 5.91 Å². The Bertz CT molecular complexity index is 680. The van der Waals surface area contributed by atoms with Crippen LogP contribution in [0.15, 0.2) is 24.4 Å². The van der Waals surface area contributed by atoms with Crippen molar-refractivity contribution in [3.8, 4) is 0 Å². The molecular formula is C16H19FN2O2S. The van der Waals surface area contributed by atoms with Crippen molar-refractivity contribution in [3.05, 3.63) is 35.8 Å². The number of hydrogen-bond donors (Lipinski definition) is 3. The van der Waals surface area contributed by atoms with Crippen molar-refractivity contribution in [1.82, 2.24) is 10.3 Å². The van der Waals surface area contributed by atoms with E-state index in [4.69, 9.17) is 0 Å². The van der Waals surface area contributed by atoms with E-state index in [1.165, 1.54) is 12.1 Å². The van der Waals surface area contributed by atoms with Crippen LogP contribution in [0, 0.1) is 5.82 Å². The predicted octanol–water partition coefficient (Wildman–Crippen LogP) is 2.22. The molecule has 0 unspecified atom stereocenters. The van der Waals surface area contributed by atoms with Gasteiger partial charge in [0.05, 0.1) is 0 Å². The molecule has 0 spiro atoms. The van der Waals surface area contributed by atoms with Crippen LogP contribution in [-0.2, 0) is 11.2 Å². The number of aromatic nitrogens is 1. The van der Waals surface area contributed by atoms with E-state index >= 15 is 0 Å². The first-order valence-corrected chi connectivity index (χ1v) is 8.58. The van der Waals surface area contributed by atoms with Gasteiger partial charge in [-0.1, -0.05) is 0 Å². The maximum atomic E-state index is 13.3. The van der Waals surface area contributed by atoms with E-state index in [1.807, 2.05) is 6.20 Å². The van der Waals surface area contributed by atoms with Gasteiger partial charge in [-0.05, 0) is 54.5 Å². The maximum Gasteiger partial charge on any atom is 0.252 e. The molecule has 22 heavy (non-hydrogen) atoms. The molecule has 0 atom stereocenters. The normalized spacial score (nSPS) is 17.5. The Morgan fingerprint density at radius 2 is 2.18 bits per heavy atom. The van der Waals surface area contributed by atoms with Crippen molar-refractivity contribution in [2.45, 2.75) is 24.9 Å². The molecule has 3 rings (SSSR count). The lowest BCUT2D eigenvalue weighted by Gasteiger charge is -2.30. The summed E-state index contributed by atoms with van der Waals surface area (Å²) in [5, 5.41) is 14.0. The third-order valence-corrected chi connectivity index (χ3v) is 5.14. The lowest BCUT2D eigenvalue weighted by molar-refractivity contribution is -0.140. The van der Waals surface area contributed by atoms with Crippen LogP contribution in [0.5, 0.6) is 0 Å². The minimum Gasteiger partial charge on any atom is -0.380 e. The molecule has 1 aromatic heterocycles. The van der Waals surface area contributed by atoms with Gasteiger partial charge in [-0.3, -0.25) is 4.79 Å². The zero-order valence-electron chi connectivity index (χ0n) is 12.2. The summed E-state index contributed by atoms with van der Waals surface area (Å²) < 4.78 is 13.3. The predicted molar refractivity (Wildman–Crippen MR) is 86.5 cm³/mol. The minimum absolute atomic E-state index is 0.272. The highest BCUT2D eigenvalue weighted by Crippen LogP contribution is 2.27. The Labute approximate surface area is 132 Å². The first-order chi connectivity index (χ1) is 10.6. The molecule has 118 valence electrons. The van der Waals surface area contributed by atoms with Crippen LogP contribution in [0.2, 0.25) is 0 Å². The Hall–Kier alpha value is -1.53. The van der Waals surface area contributed by atoms with Crippen LogP contribution in [0.3, 0.4) is 0 Å². The molecule has 0 bridgehead atoms. The Kier molecular flexibility index (Phi) is 4.40. The molecule has 1 aliphatic rings. The van der Waals surface area contributed by atoms with Crippen LogP contribution in [0.1, 0.15) is 18.4 Å². The molecule has 1 aromatic carbocycles. The second kappa shape index (κ2) is 6.30. The van der Waals surface area contributed by atoms with E-state index in [0.29, 0.717) is 25.8 Å². The summed E-state index contributed by atoms with van der Waals surface area (Å²) in [5.41, 5.74) is 0.615. The van der Waals surface area contributed by atoms with Crippen molar-refractivity contribution in [2.75, 3.05) is 18.1 Å². The Morgan fingerprint density at radius 3 is 2.95 bits per heavy atom. The number of rotatable bonds is 4. The largest absolute Gasteiger partial charge is 0.380 e. The molecule has 0 aliphatic carbocycles. The fourth-order valence-corrected chi connectivity index (χ4v) is 3.94. The van der Waals surface area contributed by atoms with Gasteiger partial charge in [0.15, 0.2) is 0 Å². The van der Waals surface area contributed by atoms with Crippen LogP contribution in [0.25, 0.3) is 10.9 Å². The molecule has 2 heterocycles. The highest BCUT2D eigenvalue weighted by atomic mass is 32.2. The van der Waals surface area contributed by atoms with Crippen LogP contribution < -0.4 is 5.32 Å². The lowest BCUT2D eigenvalue weighted by Crippen LogP contribution is -2.49. The third kappa shape index (κ3) is 3.13. The number of aliphatic hydroxyl groups is 1. The first-order valence-electron chi connectivity index (χ1n) is 7.42. The molecule has 6 heteroatoms. The zero-order valence-corrected chi connectivity index (χ0v) is 13.0. The van der Waals surface area contributed by atoms with Crippen LogP contribution in [-0.4, -0.2) is 39.6 Å². The number of benzene rings is 1. The maximum absolute atomic E-state index is 13.3. The molecule has 0 saturated carbocycles. The summed E-state index contributed by atoms with van der Waals surface area (Å²) >= 11 is 1.76. The van der Waals surface area contributed by atoms with Gasteiger partial charge in [-0.15, -0.1) is 0 Å². The van der Waals surface area contributed by atoms with E-state index in [2.05, 4.69) is 10.3 Å². The minimum atomic E-state index is -1.22. The average Bonchev–Trinajstić information content (AvgIpc) is 2.90. The van der Waals surface area contributed by atoms with Crippen molar-refractivity contribution < 1.29 is 14.3 Å². The van der Waals surface area contributed by atoms with Crippen molar-refractivity contribution in [2.24, 2.45) is 0 Å². The van der Waals surface area contributed by atoms with Gasteiger partial charge in [0.1, 0.15) is 11.4 Å². The highest BCUT2D eigenvalue weighted by Gasteiger charge is 2.36. The first kappa shape index (κ1) is 15.4. The number of fused-ring (bicyclic) bond motifs is 1. The molecule has 4 nitrogen and oxygen atoms in total. The van der Waals surface area contributed by atoms with E-state index in [0.717, 1.165) is 28.0 Å². The van der Waals surface area contributed by atoms with Crippen molar-refractivity contribution in [1.29, 1.82) is 0 Å². The van der Waals surface area contributed by atoms with E-state index in [-0.39, 0.29) is 11.7 Å². The second-order valence-electron chi connectivity index (χ2n) is 5.65. The highest BCUT2D eigenvalue weighted by molar-refractivity contribution is 7.99. The SMILES string of the molecule is O=C(NCCc1c[nH]c2ccc(F)cc12)C1(O)CCSCC1. The van der Waals surface area contributed by atoms with Crippen LogP contribution >= 0.6 is 11.8 Å². The summed E-state index contributed by atoms with van der Waals surface area (Å²) in [4.78, 5) is 15.2. The summed E-state index contributed by atoms with van der Waals surface area (Å²) in [5.74, 6) is 1.06. The van der Waals surface area contributed by atoms with Crippen LogP contribution in [0.4, 0.5) is 4.39 Å². The molecule has 2 aromatic rings. The number of aromatic amines is 1. The van der Waals surface area contributed by atoms with E-state index < -0.39 is 5.60 Å². The number of amides is 1. The molecular weight excluding hydrogens is 303 g/mol. The van der Waals surface area contributed by atoms with E-state index in [1.54, 1.807) is 17.8 Å². The Morgan fingerprint density at radius 1 is 1.41 bits per heavy atom. The molecule has 0 radical (unpaired) electrons. The summed E-state index contributed by atoms with van der Waals surface area (Å²) in [6.07, 6.45) is 3.44. The number of nitrogens with one attached hydrogen (secondary N) is 2. The summed E-state index contributed by atoms with van der Waals surface area (Å²) in [7, 11) is 0. The van der Waals surface area contributed by atoms with Gasteiger partial charge in [0.2, 0.25) is 0 Å². The lowest BCUT2D eigenvalue weighted by atomic mass is 9.96. The van der Waals surface area contributed by atoms with Gasteiger partial charge in [-0.25, -0.2) is 4.39 Å². The molecule has 1 aliphatic heterocycles. The molecule has 1 saturated heterocycles. The number of hydrogen-bond acceptors (Lipinski definition) is 3. The van der Waals surface area contributed by atoms with Gasteiger partial charge >= 0.3 is 0 Å². The Balaban J connectivity index is 1.60. The number of H-pyrrole nitrogens is 1. The number of halogens is 1. The second-order valence-corrected chi connectivity index (χ2v) is 6.88. The number of thioether (sulfide) groups is 1. The van der Waals surface area contributed by atoms with Crippen molar-refractivity contribution in [3.63, 3.8) is 0 Å².